The molecule has 1 heterocycles. The highest BCUT2D eigenvalue weighted by atomic mass is 16.6. The lowest BCUT2D eigenvalue weighted by Gasteiger charge is -2.57. The van der Waals surface area contributed by atoms with Crippen molar-refractivity contribution in [2.24, 2.45) is 17.3 Å². The summed E-state index contributed by atoms with van der Waals surface area (Å²) in [5.74, 6) is -0.329. The lowest BCUT2D eigenvalue weighted by Crippen LogP contribution is -2.66. The summed E-state index contributed by atoms with van der Waals surface area (Å²) in [6.45, 7) is 5.67. The maximum absolute atomic E-state index is 11.8. The predicted octanol–water partition coefficient (Wildman–Crippen LogP) is 1.41. The molecule has 2 N–H and O–H groups in total. The second-order valence-electron chi connectivity index (χ2n) is 6.67. The first-order chi connectivity index (χ1) is 8.82. The lowest BCUT2D eigenvalue weighted by molar-refractivity contribution is -0.209. The number of carbonyl (C=O) groups excluding carboxylic acids is 1. The Hall–Kier alpha value is -0.870. The van der Waals surface area contributed by atoms with Crippen molar-refractivity contribution in [2.45, 2.75) is 57.8 Å². The second-order valence-corrected chi connectivity index (χ2v) is 6.67. The van der Waals surface area contributed by atoms with Crippen molar-refractivity contribution >= 4 is 5.97 Å². The summed E-state index contributed by atoms with van der Waals surface area (Å²) in [7, 11) is 0. The molecule has 0 bridgehead atoms. The van der Waals surface area contributed by atoms with E-state index in [1.165, 1.54) is 0 Å². The van der Waals surface area contributed by atoms with Gasteiger partial charge in [-0.3, -0.25) is 4.79 Å². The van der Waals surface area contributed by atoms with Gasteiger partial charge in [0.2, 0.25) is 0 Å². The highest BCUT2D eigenvalue weighted by Gasteiger charge is 2.66. The summed E-state index contributed by atoms with van der Waals surface area (Å²) in [5, 5.41) is 21.6. The Morgan fingerprint density at radius 3 is 2.84 bits per heavy atom. The van der Waals surface area contributed by atoms with Crippen LogP contribution in [-0.2, 0) is 9.53 Å². The van der Waals surface area contributed by atoms with Crippen LogP contribution in [-0.4, -0.2) is 34.0 Å². The molecule has 0 spiro atoms. The monoisotopic (exact) mass is 266 g/mol. The highest BCUT2D eigenvalue weighted by molar-refractivity contribution is 5.75. The summed E-state index contributed by atoms with van der Waals surface area (Å²) < 4.78 is 5.49. The summed E-state index contributed by atoms with van der Waals surface area (Å²) in [6, 6.07) is 0. The van der Waals surface area contributed by atoms with Gasteiger partial charge in [0.1, 0.15) is 11.7 Å². The first kappa shape index (κ1) is 13.1. The van der Waals surface area contributed by atoms with Crippen molar-refractivity contribution < 1.29 is 19.7 Å². The molecule has 3 aliphatic rings. The molecule has 6 atom stereocenters. The number of rotatable bonds is 0. The number of hydrogen-bond acceptors (Lipinski definition) is 4. The van der Waals surface area contributed by atoms with E-state index >= 15 is 0 Å². The molecule has 3 rings (SSSR count). The number of aliphatic hydroxyl groups is 2. The molecule has 19 heavy (non-hydrogen) atoms. The summed E-state index contributed by atoms with van der Waals surface area (Å²) in [4.78, 5) is 11.8. The van der Waals surface area contributed by atoms with Crippen LogP contribution in [0.4, 0.5) is 0 Å². The van der Waals surface area contributed by atoms with Gasteiger partial charge in [-0.05, 0) is 31.8 Å². The summed E-state index contributed by atoms with van der Waals surface area (Å²) >= 11 is 0. The van der Waals surface area contributed by atoms with Crippen LogP contribution in [0.25, 0.3) is 0 Å². The van der Waals surface area contributed by atoms with E-state index < -0.39 is 23.2 Å². The molecule has 0 unspecified atom stereocenters. The number of aliphatic hydroxyl groups excluding tert-OH is 1. The molecule has 2 fully saturated rings. The van der Waals surface area contributed by atoms with Crippen molar-refractivity contribution in [2.75, 3.05) is 0 Å². The molecule has 0 amide bonds. The standard InChI is InChI=1S/C15H22O4/c1-8-4-5-11(16)14(3)7-6-10-9(2)13(17)19-12(10)15(8,14)18/h4,9-12,16,18H,5-7H2,1-3H3/t9-,10-,11+,12-,14-,15+/m0/s1. The lowest BCUT2D eigenvalue weighted by atomic mass is 9.52. The summed E-state index contributed by atoms with van der Waals surface area (Å²) in [5.41, 5.74) is -1.03. The van der Waals surface area contributed by atoms with Crippen molar-refractivity contribution in [3.05, 3.63) is 11.6 Å². The van der Waals surface area contributed by atoms with Crippen LogP contribution in [0.1, 0.15) is 40.0 Å². The van der Waals surface area contributed by atoms with Gasteiger partial charge in [0.05, 0.1) is 12.0 Å². The molecule has 2 aliphatic carbocycles. The number of ether oxygens (including phenoxy) is 1. The maximum Gasteiger partial charge on any atom is 0.309 e. The summed E-state index contributed by atoms with van der Waals surface area (Å²) in [6.07, 6.45) is 2.88. The minimum atomic E-state index is -1.23. The van der Waals surface area contributed by atoms with Gasteiger partial charge in [-0.15, -0.1) is 0 Å². The fourth-order valence-corrected chi connectivity index (χ4v) is 4.33. The third-order valence-electron chi connectivity index (χ3n) is 5.91. The Morgan fingerprint density at radius 2 is 2.16 bits per heavy atom. The van der Waals surface area contributed by atoms with E-state index in [0.29, 0.717) is 6.42 Å². The molecule has 4 nitrogen and oxygen atoms in total. The second kappa shape index (κ2) is 3.83. The van der Waals surface area contributed by atoms with Crippen LogP contribution in [0.2, 0.25) is 0 Å². The number of hydrogen-bond donors (Lipinski definition) is 2. The number of fused-ring (bicyclic) bond motifs is 3. The normalized spacial score (nSPS) is 53.1. The molecule has 0 aromatic rings. The molecule has 1 saturated carbocycles. The van der Waals surface area contributed by atoms with Crippen molar-refractivity contribution in [3.63, 3.8) is 0 Å². The Bertz CT molecular complexity index is 457. The van der Waals surface area contributed by atoms with Gasteiger partial charge in [0.25, 0.3) is 0 Å². The van der Waals surface area contributed by atoms with E-state index in [4.69, 9.17) is 4.74 Å². The number of carbonyl (C=O) groups is 1. The Morgan fingerprint density at radius 1 is 1.47 bits per heavy atom. The van der Waals surface area contributed by atoms with Crippen LogP contribution < -0.4 is 0 Å². The van der Waals surface area contributed by atoms with Crippen molar-refractivity contribution in [1.82, 2.24) is 0 Å². The van der Waals surface area contributed by atoms with E-state index in [9.17, 15) is 15.0 Å². The SMILES string of the molecule is CC1=CC[C@@H](O)[C@]2(C)CC[C@H]3[C@H](C)C(=O)O[C@@H]3[C@]12O. The first-order valence-electron chi connectivity index (χ1n) is 7.10. The van der Waals surface area contributed by atoms with E-state index in [1.807, 2.05) is 26.8 Å². The minimum Gasteiger partial charge on any atom is -0.458 e. The van der Waals surface area contributed by atoms with Crippen LogP contribution in [0.3, 0.4) is 0 Å². The van der Waals surface area contributed by atoms with E-state index in [0.717, 1.165) is 18.4 Å². The third kappa shape index (κ3) is 1.39. The van der Waals surface area contributed by atoms with Crippen molar-refractivity contribution in [1.29, 1.82) is 0 Å². The van der Waals surface area contributed by atoms with Crippen LogP contribution in [0.5, 0.6) is 0 Å². The quantitative estimate of drug-likeness (QED) is 0.514. The topological polar surface area (TPSA) is 66.8 Å². The molecule has 0 aromatic heterocycles. The fourth-order valence-electron chi connectivity index (χ4n) is 4.33. The van der Waals surface area contributed by atoms with Gasteiger partial charge in [-0.2, -0.15) is 0 Å². The molecule has 106 valence electrons. The molecule has 0 aromatic carbocycles. The van der Waals surface area contributed by atoms with Crippen LogP contribution in [0.15, 0.2) is 11.6 Å². The first-order valence-corrected chi connectivity index (χ1v) is 7.10. The molecule has 1 saturated heterocycles. The van der Waals surface area contributed by atoms with Crippen LogP contribution in [0, 0.1) is 17.3 Å². The average molecular weight is 266 g/mol. The molecular weight excluding hydrogens is 244 g/mol. The Balaban J connectivity index is 2.11. The van der Waals surface area contributed by atoms with Gasteiger partial charge >= 0.3 is 5.97 Å². The van der Waals surface area contributed by atoms with E-state index in [1.54, 1.807) is 0 Å². The Labute approximate surface area is 113 Å². The fraction of sp³-hybridized carbons (Fsp3) is 0.800. The number of esters is 1. The van der Waals surface area contributed by atoms with Gasteiger partial charge in [0, 0.05) is 11.3 Å². The average Bonchev–Trinajstić information content (AvgIpc) is 2.66. The molecule has 4 heteroatoms. The zero-order valence-electron chi connectivity index (χ0n) is 11.7. The van der Waals surface area contributed by atoms with E-state index in [2.05, 4.69) is 0 Å². The van der Waals surface area contributed by atoms with E-state index in [-0.39, 0.29) is 17.8 Å². The Kier molecular flexibility index (Phi) is 2.64. The minimum absolute atomic E-state index is 0.0548. The zero-order chi connectivity index (χ0) is 14.0. The van der Waals surface area contributed by atoms with Crippen LogP contribution >= 0.6 is 0 Å². The third-order valence-corrected chi connectivity index (χ3v) is 5.91. The molecule has 1 aliphatic heterocycles. The smallest absolute Gasteiger partial charge is 0.309 e. The van der Waals surface area contributed by atoms with Gasteiger partial charge in [-0.25, -0.2) is 0 Å². The van der Waals surface area contributed by atoms with Crippen molar-refractivity contribution in [3.8, 4) is 0 Å². The zero-order valence-corrected chi connectivity index (χ0v) is 11.7. The largest absolute Gasteiger partial charge is 0.458 e. The maximum atomic E-state index is 11.8. The van der Waals surface area contributed by atoms with Gasteiger partial charge in [0.15, 0.2) is 0 Å². The van der Waals surface area contributed by atoms with Gasteiger partial charge < -0.3 is 14.9 Å². The predicted molar refractivity (Wildman–Crippen MR) is 69.2 cm³/mol. The molecular formula is C15H22O4. The highest BCUT2D eigenvalue weighted by Crippen LogP contribution is 2.58. The van der Waals surface area contributed by atoms with Gasteiger partial charge in [-0.1, -0.05) is 19.9 Å². The molecule has 0 radical (unpaired) electrons.